The van der Waals surface area contributed by atoms with E-state index in [1.54, 1.807) is 27.7 Å². The first-order valence-electron chi connectivity index (χ1n) is 8.04. The summed E-state index contributed by atoms with van der Waals surface area (Å²) in [6.07, 6.45) is -0.638. The lowest BCUT2D eigenvalue weighted by Gasteiger charge is -2.28. The van der Waals surface area contributed by atoms with Crippen LogP contribution in [0.15, 0.2) is 0 Å². The fraction of sp³-hybridized carbons (Fsp3) is 0.867. The standard InChI is InChI=1S/C15H28NO8P/c1-7-23-12(17)11-8-10(13(18)25(20,21-5)22-6)9-16(11)14(19)24-15(2,3)4/h10-11,13,18H,7-9H2,1-6H3. The minimum Gasteiger partial charge on any atom is -0.464 e. The maximum Gasteiger partial charge on any atom is 0.411 e. The van der Waals surface area contributed by atoms with Crippen LogP contribution >= 0.6 is 7.60 Å². The first-order chi connectivity index (χ1) is 11.5. The summed E-state index contributed by atoms with van der Waals surface area (Å²) in [5.74, 6) is -2.77. The smallest absolute Gasteiger partial charge is 0.411 e. The van der Waals surface area contributed by atoms with Gasteiger partial charge < -0.3 is 23.6 Å². The van der Waals surface area contributed by atoms with E-state index in [1.165, 1.54) is 4.90 Å². The number of nitrogens with zero attached hydrogens (tertiary/aromatic N) is 1. The molecular formula is C15H28NO8P. The second-order valence-electron chi connectivity index (χ2n) is 6.71. The Labute approximate surface area is 148 Å². The number of esters is 1. The van der Waals surface area contributed by atoms with Crippen LogP contribution in [0.2, 0.25) is 0 Å². The van der Waals surface area contributed by atoms with Crippen LogP contribution in [0.4, 0.5) is 4.79 Å². The number of carbonyl (C=O) groups is 2. The molecule has 1 N–H and O–H groups in total. The Hall–Kier alpha value is -1.15. The number of hydrogen-bond donors (Lipinski definition) is 1. The lowest BCUT2D eigenvalue weighted by atomic mass is 10.1. The monoisotopic (exact) mass is 381 g/mol. The van der Waals surface area contributed by atoms with Gasteiger partial charge in [-0.05, 0) is 34.1 Å². The quantitative estimate of drug-likeness (QED) is 0.549. The van der Waals surface area contributed by atoms with Crippen molar-refractivity contribution in [3.8, 4) is 0 Å². The molecule has 1 amide bonds. The molecule has 3 atom stereocenters. The molecule has 1 saturated heterocycles. The van der Waals surface area contributed by atoms with Crippen molar-refractivity contribution in [1.82, 2.24) is 4.90 Å². The molecule has 9 nitrogen and oxygen atoms in total. The summed E-state index contributed by atoms with van der Waals surface area (Å²) in [5.41, 5.74) is -0.749. The normalized spacial score (nSPS) is 22.6. The predicted molar refractivity (Wildman–Crippen MR) is 89.1 cm³/mol. The summed E-state index contributed by atoms with van der Waals surface area (Å²) in [6.45, 7) is 6.89. The number of amides is 1. The minimum atomic E-state index is -3.77. The van der Waals surface area contributed by atoms with Gasteiger partial charge >= 0.3 is 19.7 Å². The third-order valence-corrected chi connectivity index (χ3v) is 5.86. The van der Waals surface area contributed by atoms with Crippen molar-refractivity contribution in [2.75, 3.05) is 27.4 Å². The van der Waals surface area contributed by atoms with Gasteiger partial charge in [-0.1, -0.05) is 0 Å². The molecule has 0 aromatic rings. The molecule has 0 aromatic heterocycles. The number of rotatable bonds is 6. The van der Waals surface area contributed by atoms with E-state index < -0.39 is 43.1 Å². The van der Waals surface area contributed by atoms with Crippen LogP contribution in [0.25, 0.3) is 0 Å². The Kier molecular flexibility index (Phi) is 7.43. The van der Waals surface area contributed by atoms with Crippen molar-refractivity contribution < 1.29 is 37.8 Å². The zero-order valence-electron chi connectivity index (χ0n) is 15.6. The van der Waals surface area contributed by atoms with Crippen molar-refractivity contribution in [2.45, 2.75) is 51.6 Å². The van der Waals surface area contributed by atoms with Gasteiger partial charge in [0.1, 0.15) is 11.6 Å². The maximum absolute atomic E-state index is 12.4. The highest BCUT2D eigenvalue weighted by molar-refractivity contribution is 7.54. The largest absolute Gasteiger partial charge is 0.464 e. The lowest BCUT2D eigenvalue weighted by Crippen LogP contribution is -2.44. The Bertz CT molecular complexity index is 524. The van der Waals surface area contributed by atoms with E-state index in [9.17, 15) is 19.3 Å². The van der Waals surface area contributed by atoms with E-state index in [4.69, 9.17) is 18.5 Å². The summed E-state index contributed by atoms with van der Waals surface area (Å²) in [5, 5.41) is 10.4. The fourth-order valence-electron chi connectivity index (χ4n) is 2.62. The molecular weight excluding hydrogens is 353 g/mol. The molecule has 0 spiro atoms. The molecule has 25 heavy (non-hydrogen) atoms. The van der Waals surface area contributed by atoms with Gasteiger partial charge in [0.05, 0.1) is 6.61 Å². The minimum absolute atomic E-state index is 0.0315. The maximum atomic E-state index is 12.4. The van der Waals surface area contributed by atoms with E-state index in [0.29, 0.717) is 0 Å². The molecule has 1 rings (SSSR count). The van der Waals surface area contributed by atoms with Crippen LogP contribution in [0, 0.1) is 5.92 Å². The van der Waals surface area contributed by atoms with Crippen LogP contribution in [0.3, 0.4) is 0 Å². The zero-order valence-corrected chi connectivity index (χ0v) is 16.4. The molecule has 1 aliphatic heterocycles. The topological polar surface area (TPSA) is 112 Å². The third kappa shape index (κ3) is 5.41. The average molecular weight is 381 g/mol. The molecule has 0 aliphatic carbocycles. The van der Waals surface area contributed by atoms with Crippen molar-refractivity contribution in [3.63, 3.8) is 0 Å². The Morgan fingerprint density at radius 1 is 1.28 bits per heavy atom. The van der Waals surface area contributed by atoms with Crippen molar-refractivity contribution >= 4 is 19.7 Å². The summed E-state index contributed by atoms with van der Waals surface area (Å²) < 4.78 is 32.3. The molecule has 3 unspecified atom stereocenters. The van der Waals surface area contributed by atoms with Crippen molar-refractivity contribution in [1.29, 1.82) is 0 Å². The first kappa shape index (κ1) is 21.9. The zero-order chi connectivity index (χ0) is 19.4. The van der Waals surface area contributed by atoms with Crippen LogP contribution < -0.4 is 0 Å². The van der Waals surface area contributed by atoms with Crippen LogP contribution in [-0.4, -0.2) is 66.9 Å². The summed E-state index contributed by atoms with van der Waals surface area (Å²) in [6, 6.07) is -0.934. The first-order valence-corrected chi connectivity index (χ1v) is 9.65. The van der Waals surface area contributed by atoms with E-state index in [-0.39, 0.29) is 19.6 Å². The highest BCUT2D eigenvalue weighted by Gasteiger charge is 2.49. The van der Waals surface area contributed by atoms with E-state index in [2.05, 4.69) is 0 Å². The van der Waals surface area contributed by atoms with Gasteiger partial charge in [-0.15, -0.1) is 0 Å². The van der Waals surface area contributed by atoms with Crippen LogP contribution in [0.1, 0.15) is 34.1 Å². The fourth-order valence-corrected chi connectivity index (χ4v) is 3.93. The molecule has 0 radical (unpaired) electrons. The molecule has 0 bridgehead atoms. The van der Waals surface area contributed by atoms with E-state index in [0.717, 1.165) is 14.2 Å². The summed E-state index contributed by atoms with van der Waals surface area (Å²) in [4.78, 5) is 25.8. The van der Waals surface area contributed by atoms with Crippen molar-refractivity contribution in [3.05, 3.63) is 0 Å². The molecule has 146 valence electrons. The number of aliphatic hydroxyl groups is 1. The summed E-state index contributed by atoms with van der Waals surface area (Å²) in [7, 11) is -1.44. The summed E-state index contributed by atoms with van der Waals surface area (Å²) >= 11 is 0. The van der Waals surface area contributed by atoms with Gasteiger partial charge in [-0.2, -0.15) is 0 Å². The molecule has 1 fully saturated rings. The van der Waals surface area contributed by atoms with Crippen LogP contribution in [0.5, 0.6) is 0 Å². The Balaban J connectivity index is 3.03. The van der Waals surface area contributed by atoms with Gasteiger partial charge in [0.25, 0.3) is 0 Å². The van der Waals surface area contributed by atoms with Crippen LogP contribution in [-0.2, 0) is 27.9 Å². The van der Waals surface area contributed by atoms with Gasteiger partial charge in [0, 0.05) is 26.7 Å². The van der Waals surface area contributed by atoms with E-state index in [1.807, 2.05) is 0 Å². The highest BCUT2D eigenvalue weighted by Crippen LogP contribution is 2.54. The predicted octanol–water partition coefficient (Wildman–Crippen LogP) is 1.98. The lowest BCUT2D eigenvalue weighted by molar-refractivity contribution is -0.148. The average Bonchev–Trinajstić information content (AvgIpc) is 2.97. The Morgan fingerprint density at radius 3 is 2.28 bits per heavy atom. The SMILES string of the molecule is CCOC(=O)C1CC(C(O)P(=O)(OC)OC)CN1C(=O)OC(C)(C)C. The number of hydrogen-bond acceptors (Lipinski definition) is 8. The van der Waals surface area contributed by atoms with Gasteiger partial charge in [0.2, 0.25) is 0 Å². The van der Waals surface area contributed by atoms with Gasteiger partial charge in [0.15, 0.2) is 5.85 Å². The number of carbonyl (C=O) groups excluding carboxylic acids is 2. The molecule has 0 saturated carbocycles. The molecule has 1 aliphatic rings. The molecule has 1 heterocycles. The Morgan fingerprint density at radius 2 is 1.84 bits per heavy atom. The van der Waals surface area contributed by atoms with Gasteiger partial charge in [-0.25, -0.2) is 9.59 Å². The van der Waals surface area contributed by atoms with E-state index >= 15 is 0 Å². The third-order valence-electron chi connectivity index (χ3n) is 3.77. The molecule has 0 aromatic carbocycles. The second-order valence-corrected chi connectivity index (χ2v) is 9.05. The number of likely N-dealkylation sites (tertiary alicyclic amines) is 1. The number of ether oxygens (including phenoxy) is 2. The molecule has 10 heteroatoms. The van der Waals surface area contributed by atoms with Crippen molar-refractivity contribution in [2.24, 2.45) is 5.92 Å². The van der Waals surface area contributed by atoms with Gasteiger partial charge in [-0.3, -0.25) is 9.46 Å². The second kappa shape index (κ2) is 8.49. The highest BCUT2D eigenvalue weighted by atomic mass is 31.2. The number of aliphatic hydroxyl groups excluding tert-OH is 1.